The molecule has 0 saturated carbocycles. The Bertz CT molecular complexity index is 852. The number of nitrogens with one attached hydrogen (secondary N) is 1. The topological polar surface area (TPSA) is 29.1 Å². The van der Waals surface area contributed by atoms with Gasteiger partial charge in [-0.3, -0.25) is 4.79 Å². The van der Waals surface area contributed by atoms with Crippen molar-refractivity contribution in [3.63, 3.8) is 0 Å². The van der Waals surface area contributed by atoms with E-state index < -0.39 is 0 Å². The molecule has 2 nitrogen and oxygen atoms in total. The van der Waals surface area contributed by atoms with Crippen LogP contribution in [0.5, 0.6) is 0 Å². The summed E-state index contributed by atoms with van der Waals surface area (Å²) in [5, 5.41) is 5.39. The molecule has 0 aliphatic carbocycles. The summed E-state index contributed by atoms with van der Waals surface area (Å²) >= 11 is 0. The SMILES string of the molecule is Cc1cc(C)c(NC(=O)Cc2cccc3ccccc23)c(C)c1. The van der Waals surface area contributed by atoms with Crippen LogP contribution < -0.4 is 5.32 Å². The first-order chi connectivity index (χ1) is 11.0. The van der Waals surface area contributed by atoms with Crippen molar-refractivity contribution in [2.75, 3.05) is 5.32 Å². The molecule has 0 aliphatic rings. The second-order valence-corrected chi connectivity index (χ2v) is 6.14. The highest BCUT2D eigenvalue weighted by molar-refractivity contribution is 5.97. The monoisotopic (exact) mass is 303 g/mol. The fraction of sp³-hybridized carbons (Fsp3) is 0.190. The third-order valence-corrected chi connectivity index (χ3v) is 4.17. The van der Waals surface area contributed by atoms with E-state index in [-0.39, 0.29) is 5.91 Å². The summed E-state index contributed by atoms with van der Waals surface area (Å²) < 4.78 is 0. The zero-order valence-corrected chi connectivity index (χ0v) is 13.8. The standard InChI is InChI=1S/C21H21NO/c1-14-11-15(2)21(16(3)12-14)22-20(23)13-18-9-6-8-17-7-4-5-10-19(17)18/h4-12H,13H2,1-3H3,(H,22,23). The molecule has 1 amide bonds. The molecule has 0 spiro atoms. The summed E-state index contributed by atoms with van der Waals surface area (Å²) in [6, 6.07) is 18.5. The Kier molecular flexibility index (Phi) is 4.16. The number of amides is 1. The first-order valence-corrected chi connectivity index (χ1v) is 7.89. The van der Waals surface area contributed by atoms with E-state index >= 15 is 0 Å². The zero-order chi connectivity index (χ0) is 16.4. The van der Waals surface area contributed by atoms with Crippen LogP contribution in [-0.2, 0) is 11.2 Å². The van der Waals surface area contributed by atoms with Crippen molar-refractivity contribution >= 4 is 22.4 Å². The maximum Gasteiger partial charge on any atom is 0.228 e. The van der Waals surface area contributed by atoms with Crippen LogP contribution in [0.4, 0.5) is 5.69 Å². The van der Waals surface area contributed by atoms with Crippen LogP contribution in [0.15, 0.2) is 54.6 Å². The molecule has 3 aromatic carbocycles. The van der Waals surface area contributed by atoms with Crippen LogP contribution in [0.25, 0.3) is 10.8 Å². The highest BCUT2D eigenvalue weighted by atomic mass is 16.1. The normalized spacial score (nSPS) is 10.7. The fourth-order valence-electron chi connectivity index (χ4n) is 3.18. The van der Waals surface area contributed by atoms with E-state index in [0.29, 0.717) is 6.42 Å². The average molecular weight is 303 g/mol. The number of benzene rings is 3. The maximum absolute atomic E-state index is 12.5. The van der Waals surface area contributed by atoms with Gasteiger partial charge in [-0.2, -0.15) is 0 Å². The molecule has 0 aliphatic heterocycles. The predicted octanol–water partition coefficient (Wildman–Crippen LogP) is 4.95. The molecular weight excluding hydrogens is 282 g/mol. The second-order valence-electron chi connectivity index (χ2n) is 6.14. The lowest BCUT2D eigenvalue weighted by molar-refractivity contribution is -0.115. The second kappa shape index (κ2) is 6.25. The molecule has 3 rings (SSSR count). The average Bonchev–Trinajstić information content (AvgIpc) is 2.51. The molecule has 0 heterocycles. The number of fused-ring (bicyclic) bond motifs is 1. The van der Waals surface area contributed by atoms with E-state index in [9.17, 15) is 4.79 Å². The van der Waals surface area contributed by atoms with Gasteiger partial charge in [-0.1, -0.05) is 60.2 Å². The molecule has 23 heavy (non-hydrogen) atoms. The van der Waals surface area contributed by atoms with Crippen LogP contribution >= 0.6 is 0 Å². The van der Waals surface area contributed by atoms with Gasteiger partial charge in [0.25, 0.3) is 0 Å². The summed E-state index contributed by atoms with van der Waals surface area (Å²) in [4.78, 5) is 12.5. The quantitative estimate of drug-likeness (QED) is 0.729. The fourth-order valence-corrected chi connectivity index (χ4v) is 3.18. The highest BCUT2D eigenvalue weighted by Crippen LogP contribution is 2.23. The van der Waals surface area contributed by atoms with Gasteiger partial charge in [-0.05, 0) is 48.2 Å². The maximum atomic E-state index is 12.5. The van der Waals surface area contributed by atoms with Gasteiger partial charge in [0, 0.05) is 5.69 Å². The van der Waals surface area contributed by atoms with Crippen LogP contribution in [-0.4, -0.2) is 5.91 Å². The zero-order valence-electron chi connectivity index (χ0n) is 13.8. The number of hydrogen-bond acceptors (Lipinski definition) is 1. The number of aryl methyl sites for hydroxylation is 3. The number of carbonyl (C=O) groups is 1. The predicted molar refractivity (Wildman–Crippen MR) is 96.9 cm³/mol. The van der Waals surface area contributed by atoms with Crippen molar-refractivity contribution in [1.82, 2.24) is 0 Å². The molecule has 0 bridgehead atoms. The van der Waals surface area contributed by atoms with Gasteiger partial charge in [-0.25, -0.2) is 0 Å². The van der Waals surface area contributed by atoms with Gasteiger partial charge in [-0.15, -0.1) is 0 Å². The summed E-state index contributed by atoms with van der Waals surface area (Å²) in [5.74, 6) is 0.0245. The smallest absolute Gasteiger partial charge is 0.228 e. The molecule has 0 atom stereocenters. The van der Waals surface area contributed by atoms with Gasteiger partial charge >= 0.3 is 0 Å². The number of anilines is 1. The van der Waals surface area contributed by atoms with Crippen LogP contribution in [0.3, 0.4) is 0 Å². The Morgan fingerprint density at radius 2 is 1.57 bits per heavy atom. The van der Waals surface area contributed by atoms with E-state index in [1.54, 1.807) is 0 Å². The Hall–Kier alpha value is -2.61. The highest BCUT2D eigenvalue weighted by Gasteiger charge is 2.10. The van der Waals surface area contributed by atoms with Gasteiger partial charge in [0.15, 0.2) is 0 Å². The van der Waals surface area contributed by atoms with Crippen LogP contribution in [0.2, 0.25) is 0 Å². The molecule has 116 valence electrons. The molecule has 0 saturated heterocycles. The number of carbonyl (C=O) groups excluding carboxylic acids is 1. The number of hydrogen-bond donors (Lipinski definition) is 1. The lowest BCUT2D eigenvalue weighted by atomic mass is 10.0. The first kappa shape index (κ1) is 15.3. The minimum Gasteiger partial charge on any atom is -0.325 e. The third-order valence-electron chi connectivity index (χ3n) is 4.17. The molecule has 0 aromatic heterocycles. The first-order valence-electron chi connectivity index (χ1n) is 7.89. The van der Waals surface area contributed by atoms with E-state index in [1.807, 2.05) is 38.1 Å². The lowest BCUT2D eigenvalue weighted by Gasteiger charge is -2.13. The molecular formula is C21H21NO. The molecule has 0 unspecified atom stereocenters. The van der Waals surface area contributed by atoms with Crippen molar-refractivity contribution in [2.45, 2.75) is 27.2 Å². The minimum atomic E-state index is 0.0245. The Morgan fingerprint density at radius 1 is 0.913 bits per heavy atom. The minimum absolute atomic E-state index is 0.0245. The van der Waals surface area contributed by atoms with E-state index in [4.69, 9.17) is 0 Å². The molecule has 0 radical (unpaired) electrons. The Morgan fingerprint density at radius 3 is 2.30 bits per heavy atom. The van der Waals surface area contributed by atoms with Gasteiger partial charge in [0.1, 0.15) is 0 Å². The summed E-state index contributed by atoms with van der Waals surface area (Å²) in [6.45, 7) is 6.14. The van der Waals surface area contributed by atoms with Crippen molar-refractivity contribution in [2.24, 2.45) is 0 Å². The molecule has 3 aromatic rings. The third kappa shape index (κ3) is 3.26. The van der Waals surface area contributed by atoms with Gasteiger partial charge in [0.2, 0.25) is 5.91 Å². The summed E-state index contributed by atoms with van der Waals surface area (Å²) in [6.07, 6.45) is 0.383. The number of rotatable bonds is 3. The van der Waals surface area contributed by atoms with E-state index in [2.05, 4.69) is 42.6 Å². The van der Waals surface area contributed by atoms with Crippen LogP contribution in [0, 0.1) is 20.8 Å². The largest absolute Gasteiger partial charge is 0.325 e. The lowest BCUT2D eigenvalue weighted by Crippen LogP contribution is -2.16. The van der Waals surface area contributed by atoms with Gasteiger partial charge in [0.05, 0.1) is 6.42 Å². The van der Waals surface area contributed by atoms with Crippen LogP contribution in [0.1, 0.15) is 22.3 Å². The molecule has 1 N–H and O–H groups in total. The van der Waals surface area contributed by atoms with E-state index in [1.165, 1.54) is 10.9 Å². The molecule has 2 heteroatoms. The summed E-state index contributed by atoms with van der Waals surface area (Å²) in [7, 11) is 0. The molecule has 0 fully saturated rings. The Labute approximate surface area is 137 Å². The van der Waals surface area contributed by atoms with Crippen molar-refractivity contribution < 1.29 is 4.79 Å². The summed E-state index contributed by atoms with van der Waals surface area (Å²) in [5.41, 5.74) is 5.42. The van der Waals surface area contributed by atoms with E-state index in [0.717, 1.165) is 27.8 Å². The van der Waals surface area contributed by atoms with Crippen molar-refractivity contribution in [3.05, 3.63) is 76.9 Å². The van der Waals surface area contributed by atoms with Crippen molar-refractivity contribution in [1.29, 1.82) is 0 Å². The Balaban J connectivity index is 1.85. The van der Waals surface area contributed by atoms with Crippen molar-refractivity contribution in [3.8, 4) is 0 Å². The van der Waals surface area contributed by atoms with Gasteiger partial charge < -0.3 is 5.32 Å².